The van der Waals surface area contributed by atoms with Crippen LogP contribution in [0.15, 0.2) is 12.1 Å². The highest BCUT2D eigenvalue weighted by molar-refractivity contribution is 7.14. The van der Waals surface area contributed by atoms with Crippen molar-refractivity contribution in [1.82, 2.24) is 4.90 Å². The van der Waals surface area contributed by atoms with Gasteiger partial charge in [-0.2, -0.15) is 0 Å². The Morgan fingerprint density at radius 1 is 1.28 bits per heavy atom. The van der Waals surface area contributed by atoms with Crippen molar-refractivity contribution in [3.8, 4) is 0 Å². The first-order valence-electron chi connectivity index (χ1n) is 7.00. The van der Waals surface area contributed by atoms with Gasteiger partial charge in [-0.3, -0.25) is 9.69 Å². The van der Waals surface area contributed by atoms with Gasteiger partial charge in [0.15, 0.2) is 5.78 Å². The summed E-state index contributed by atoms with van der Waals surface area (Å²) in [6.07, 6.45) is 4.30. The van der Waals surface area contributed by atoms with Gasteiger partial charge in [0.05, 0.1) is 10.4 Å². The van der Waals surface area contributed by atoms with E-state index in [1.54, 1.807) is 11.3 Å². The molecule has 1 aromatic heterocycles. The van der Waals surface area contributed by atoms with Crippen molar-refractivity contribution in [2.75, 3.05) is 13.1 Å². The van der Waals surface area contributed by atoms with E-state index in [4.69, 9.17) is 0 Å². The van der Waals surface area contributed by atoms with Crippen LogP contribution in [0.4, 0.5) is 0 Å². The summed E-state index contributed by atoms with van der Waals surface area (Å²) in [5, 5.41) is 0. The second kappa shape index (κ2) is 5.54. The Kier molecular flexibility index (Phi) is 4.23. The van der Waals surface area contributed by atoms with E-state index in [9.17, 15) is 4.79 Å². The summed E-state index contributed by atoms with van der Waals surface area (Å²) >= 11 is 1.64. The molecule has 1 aromatic rings. The number of ketones is 1. The fourth-order valence-corrected chi connectivity index (χ4v) is 3.99. The summed E-state index contributed by atoms with van der Waals surface area (Å²) < 4.78 is 0. The zero-order chi connectivity index (χ0) is 13.2. The normalized spacial score (nSPS) is 17.3. The van der Waals surface area contributed by atoms with Crippen LogP contribution in [0.1, 0.15) is 54.1 Å². The Balaban J connectivity index is 2.31. The Hall–Kier alpha value is -0.670. The number of aryl methyl sites for hydroxylation is 1. The number of nitrogens with zero attached hydrogens (tertiary/aromatic N) is 1. The maximum atomic E-state index is 12.9. The van der Waals surface area contributed by atoms with Gasteiger partial charge in [0.25, 0.3) is 0 Å². The van der Waals surface area contributed by atoms with Crippen LogP contribution in [0, 0.1) is 6.92 Å². The molecule has 1 aliphatic heterocycles. The van der Waals surface area contributed by atoms with Crippen molar-refractivity contribution in [2.45, 2.75) is 52.0 Å². The molecule has 0 N–H and O–H groups in total. The van der Waals surface area contributed by atoms with Gasteiger partial charge in [-0.05, 0) is 57.8 Å². The van der Waals surface area contributed by atoms with Crippen LogP contribution >= 0.6 is 11.3 Å². The van der Waals surface area contributed by atoms with Gasteiger partial charge >= 0.3 is 0 Å². The lowest BCUT2D eigenvalue weighted by molar-refractivity contribution is 0.0586. The first-order chi connectivity index (χ1) is 8.64. The second-order valence-corrected chi connectivity index (χ2v) is 6.46. The van der Waals surface area contributed by atoms with Crippen LogP contribution < -0.4 is 0 Å². The van der Waals surface area contributed by atoms with Crippen LogP contribution in [-0.4, -0.2) is 29.3 Å². The molecule has 2 nitrogen and oxygen atoms in total. The zero-order valence-corrected chi connectivity index (χ0v) is 12.5. The molecular formula is C15H23NOS. The average molecular weight is 265 g/mol. The van der Waals surface area contributed by atoms with E-state index in [1.165, 1.54) is 17.7 Å². The number of likely N-dealkylation sites (tertiary alicyclic amines) is 1. The first-order valence-corrected chi connectivity index (χ1v) is 7.82. The van der Waals surface area contributed by atoms with E-state index in [2.05, 4.69) is 31.7 Å². The molecule has 2 heterocycles. The second-order valence-electron chi connectivity index (χ2n) is 5.17. The molecule has 0 amide bonds. The number of hydrogen-bond acceptors (Lipinski definition) is 3. The molecule has 0 radical (unpaired) electrons. The van der Waals surface area contributed by atoms with Crippen molar-refractivity contribution in [3.63, 3.8) is 0 Å². The van der Waals surface area contributed by atoms with E-state index in [-0.39, 0.29) is 5.54 Å². The predicted octanol–water partition coefficient (Wildman–Crippen LogP) is 3.89. The summed E-state index contributed by atoms with van der Waals surface area (Å²) in [5.41, 5.74) is -0.256. The van der Waals surface area contributed by atoms with Gasteiger partial charge in [-0.15, -0.1) is 11.3 Å². The number of carbonyl (C=O) groups is 1. The number of thiophene rings is 1. The topological polar surface area (TPSA) is 20.3 Å². The molecule has 0 bridgehead atoms. The minimum absolute atomic E-state index is 0.256. The molecule has 0 aromatic carbocycles. The molecule has 0 unspecified atom stereocenters. The summed E-state index contributed by atoms with van der Waals surface area (Å²) in [6.45, 7) is 8.53. The Morgan fingerprint density at radius 2 is 1.89 bits per heavy atom. The van der Waals surface area contributed by atoms with Crippen molar-refractivity contribution in [1.29, 1.82) is 0 Å². The third kappa shape index (κ3) is 2.26. The minimum Gasteiger partial charge on any atom is -0.291 e. The third-order valence-corrected chi connectivity index (χ3v) is 5.27. The fourth-order valence-electron chi connectivity index (χ4n) is 3.09. The van der Waals surface area contributed by atoms with Crippen molar-refractivity contribution < 1.29 is 4.79 Å². The van der Waals surface area contributed by atoms with Gasteiger partial charge in [0.1, 0.15) is 0 Å². The summed E-state index contributed by atoms with van der Waals surface area (Å²) in [7, 11) is 0. The molecular weight excluding hydrogens is 242 g/mol. The molecule has 0 atom stereocenters. The molecule has 0 aliphatic carbocycles. The molecule has 0 saturated carbocycles. The van der Waals surface area contributed by atoms with Crippen LogP contribution in [0.25, 0.3) is 0 Å². The SMILES string of the molecule is CCC(CC)(C(=O)c1ccc(C)s1)N1CCCC1. The maximum absolute atomic E-state index is 12.9. The van der Waals surface area contributed by atoms with Crippen LogP contribution in [0.5, 0.6) is 0 Å². The standard InChI is InChI=1S/C15H23NOS/c1-4-15(5-2,16-10-6-7-11-16)14(17)13-9-8-12(3)18-13/h8-9H,4-7,10-11H2,1-3H3. The Morgan fingerprint density at radius 3 is 2.33 bits per heavy atom. The van der Waals surface area contributed by atoms with Gasteiger partial charge in [0.2, 0.25) is 0 Å². The summed E-state index contributed by atoms with van der Waals surface area (Å²) in [5.74, 6) is 0.340. The highest BCUT2D eigenvalue weighted by atomic mass is 32.1. The lowest BCUT2D eigenvalue weighted by atomic mass is 9.85. The van der Waals surface area contributed by atoms with Crippen molar-refractivity contribution in [3.05, 3.63) is 21.9 Å². The van der Waals surface area contributed by atoms with Gasteiger partial charge in [-0.1, -0.05) is 13.8 Å². The van der Waals surface area contributed by atoms with Crippen molar-refractivity contribution in [2.24, 2.45) is 0 Å². The molecule has 100 valence electrons. The third-order valence-electron chi connectivity index (χ3n) is 4.27. The number of hydrogen-bond donors (Lipinski definition) is 0. The van der Waals surface area contributed by atoms with Crippen LogP contribution in [-0.2, 0) is 0 Å². The lowest BCUT2D eigenvalue weighted by Crippen LogP contribution is -2.52. The predicted molar refractivity (Wildman–Crippen MR) is 77.5 cm³/mol. The van der Waals surface area contributed by atoms with Crippen molar-refractivity contribution >= 4 is 17.1 Å². The zero-order valence-electron chi connectivity index (χ0n) is 11.7. The monoisotopic (exact) mass is 265 g/mol. The molecule has 0 spiro atoms. The smallest absolute Gasteiger partial charge is 0.192 e. The van der Waals surface area contributed by atoms with Crippen LogP contribution in [0.2, 0.25) is 0 Å². The Bertz CT molecular complexity index is 414. The van der Waals surface area contributed by atoms with E-state index < -0.39 is 0 Å². The van der Waals surface area contributed by atoms with Gasteiger partial charge in [-0.25, -0.2) is 0 Å². The lowest BCUT2D eigenvalue weighted by Gasteiger charge is -2.39. The number of Topliss-reactive ketones (excluding diaryl/α,β-unsaturated/α-hetero) is 1. The molecule has 18 heavy (non-hydrogen) atoms. The average Bonchev–Trinajstić information content (AvgIpc) is 3.03. The molecule has 3 heteroatoms. The fraction of sp³-hybridized carbons (Fsp3) is 0.667. The van der Waals surface area contributed by atoms with Crippen LogP contribution in [0.3, 0.4) is 0 Å². The maximum Gasteiger partial charge on any atom is 0.192 e. The van der Waals surface area contributed by atoms with Gasteiger partial charge in [0, 0.05) is 4.88 Å². The quantitative estimate of drug-likeness (QED) is 0.753. The van der Waals surface area contributed by atoms with E-state index in [0.717, 1.165) is 30.8 Å². The number of carbonyl (C=O) groups excluding carboxylic acids is 1. The highest BCUT2D eigenvalue weighted by Crippen LogP contribution is 2.33. The molecule has 1 saturated heterocycles. The molecule has 2 rings (SSSR count). The van der Waals surface area contributed by atoms with Gasteiger partial charge < -0.3 is 0 Å². The highest BCUT2D eigenvalue weighted by Gasteiger charge is 2.42. The molecule has 1 fully saturated rings. The van der Waals surface area contributed by atoms with E-state index in [1.807, 2.05) is 6.07 Å². The Labute approximate surface area is 114 Å². The minimum atomic E-state index is -0.256. The van der Waals surface area contributed by atoms with E-state index in [0.29, 0.717) is 5.78 Å². The summed E-state index contributed by atoms with van der Waals surface area (Å²) in [6, 6.07) is 4.05. The number of rotatable bonds is 5. The summed E-state index contributed by atoms with van der Waals surface area (Å²) in [4.78, 5) is 17.5. The molecule has 1 aliphatic rings. The largest absolute Gasteiger partial charge is 0.291 e. The van der Waals surface area contributed by atoms with E-state index >= 15 is 0 Å². The first kappa shape index (κ1) is 13.8.